The highest BCUT2D eigenvalue weighted by atomic mass is 16.5. The van der Waals surface area contributed by atoms with Crippen molar-refractivity contribution in [3.8, 4) is 16.9 Å². The fourth-order valence-corrected chi connectivity index (χ4v) is 3.41. The lowest BCUT2D eigenvalue weighted by molar-refractivity contribution is 0.156. The van der Waals surface area contributed by atoms with Gasteiger partial charge in [-0.15, -0.1) is 0 Å². The summed E-state index contributed by atoms with van der Waals surface area (Å²) in [6.07, 6.45) is 2.03. The molecular formula is C21H27N3O2. The number of piperidine rings is 1. The van der Waals surface area contributed by atoms with E-state index in [0.717, 1.165) is 48.5 Å². The van der Waals surface area contributed by atoms with Crippen molar-refractivity contribution in [1.82, 2.24) is 9.80 Å². The van der Waals surface area contributed by atoms with E-state index in [1.807, 2.05) is 60.5 Å². The molecule has 0 atom stereocenters. The van der Waals surface area contributed by atoms with Crippen LogP contribution in [0.4, 0.5) is 10.5 Å². The van der Waals surface area contributed by atoms with Crippen molar-refractivity contribution in [3.05, 3.63) is 48.5 Å². The average molecular weight is 353 g/mol. The third kappa shape index (κ3) is 4.17. The molecule has 0 bridgehead atoms. The van der Waals surface area contributed by atoms with Gasteiger partial charge in [-0.25, -0.2) is 4.79 Å². The second-order valence-corrected chi connectivity index (χ2v) is 6.86. The van der Waals surface area contributed by atoms with Crippen molar-refractivity contribution < 1.29 is 9.53 Å². The summed E-state index contributed by atoms with van der Waals surface area (Å²) < 4.78 is 5.45. The molecule has 0 spiro atoms. The number of hydrogen-bond donors (Lipinski definition) is 1. The Morgan fingerprint density at radius 2 is 1.88 bits per heavy atom. The molecule has 3 rings (SSSR count). The highest BCUT2D eigenvalue weighted by Gasteiger charge is 2.24. The Hall–Kier alpha value is -2.53. The zero-order valence-electron chi connectivity index (χ0n) is 15.7. The number of urea groups is 1. The van der Waals surface area contributed by atoms with Gasteiger partial charge in [-0.1, -0.05) is 30.3 Å². The number of rotatable bonds is 4. The van der Waals surface area contributed by atoms with Crippen LogP contribution in [0.15, 0.2) is 48.5 Å². The Kier molecular flexibility index (Phi) is 5.78. The molecule has 2 aromatic carbocycles. The Morgan fingerprint density at radius 1 is 1.15 bits per heavy atom. The maximum Gasteiger partial charge on any atom is 0.321 e. The number of likely N-dealkylation sites (tertiary alicyclic amines) is 1. The number of nitrogens with one attached hydrogen (secondary N) is 1. The summed E-state index contributed by atoms with van der Waals surface area (Å²) in [6.45, 7) is 2.07. The molecule has 1 fully saturated rings. The van der Waals surface area contributed by atoms with Gasteiger partial charge in [0.25, 0.3) is 0 Å². The van der Waals surface area contributed by atoms with Crippen LogP contribution in [-0.4, -0.2) is 56.2 Å². The summed E-state index contributed by atoms with van der Waals surface area (Å²) in [6, 6.07) is 16.0. The Morgan fingerprint density at radius 3 is 2.62 bits per heavy atom. The maximum atomic E-state index is 12.6. The molecule has 0 saturated carbocycles. The second-order valence-electron chi connectivity index (χ2n) is 6.86. The van der Waals surface area contributed by atoms with Gasteiger partial charge in [-0.3, -0.25) is 0 Å². The van der Waals surface area contributed by atoms with E-state index in [9.17, 15) is 4.79 Å². The molecule has 2 aromatic rings. The van der Waals surface area contributed by atoms with Crippen LogP contribution in [-0.2, 0) is 0 Å². The van der Waals surface area contributed by atoms with Crippen molar-refractivity contribution in [1.29, 1.82) is 0 Å². The summed E-state index contributed by atoms with van der Waals surface area (Å²) in [5.41, 5.74) is 2.81. The van der Waals surface area contributed by atoms with Gasteiger partial charge in [0, 0.05) is 24.3 Å². The monoisotopic (exact) mass is 353 g/mol. The van der Waals surface area contributed by atoms with Crippen LogP contribution >= 0.6 is 0 Å². The Labute approximate surface area is 155 Å². The predicted octanol–water partition coefficient (Wildman–Crippen LogP) is 3.92. The van der Waals surface area contributed by atoms with Crippen LogP contribution in [0.25, 0.3) is 11.1 Å². The normalized spacial score (nSPS) is 15.5. The van der Waals surface area contributed by atoms with Gasteiger partial charge in [0.15, 0.2) is 0 Å². The number of para-hydroxylation sites is 1. The first kappa shape index (κ1) is 18.3. The van der Waals surface area contributed by atoms with Gasteiger partial charge in [0.2, 0.25) is 0 Å². The van der Waals surface area contributed by atoms with E-state index in [-0.39, 0.29) is 6.03 Å². The third-order valence-electron chi connectivity index (χ3n) is 5.09. The number of carbonyl (C=O) groups excluding carboxylic acids is 1. The van der Waals surface area contributed by atoms with Crippen molar-refractivity contribution in [3.63, 3.8) is 0 Å². The fourth-order valence-electron chi connectivity index (χ4n) is 3.41. The van der Waals surface area contributed by atoms with Gasteiger partial charge in [0.05, 0.1) is 7.11 Å². The van der Waals surface area contributed by atoms with Crippen LogP contribution in [0, 0.1) is 0 Å². The van der Waals surface area contributed by atoms with E-state index < -0.39 is 0 Å². The summed E-state index contributed by atoms with van der Waals surface area (Å²) >= 11 is 0. The number of methoxy groups -OCH3 is 1. The first-order valence-electron chi connectivity index (χ1n) is 9.04. The summed E-state index contributed by atoms with van der Waals surface area (Å²) in [5.74, 6) is 0.819. The standard InChI is InChI=1S/C21H27N3O2/c1-23-13-11-18(12-14-23)24(2)21(25)22-17-8-6-7-16(15-17)19-9-4-5-10-20(19)26-3/h4-10,15,18H,11-14H2,1-3H3,(H,22,25). The van der Waals surface area contributed by atoms with E-state index in [0.29, 0.717) is 6.04 Å². The Balaban J connectivity index is 1.71. The van der Waals surface area contributed by atoms with Crippen LogP contribution in [0.1, 0.15) is 12.8 Å². The van der Waals surface area contributed by atoms with E-state index in [1.165, 1.54) is 0 Å². The van der Waals surface area contributed by atoms with Gasteiger partial charge in [-0.05, 0) is 56.7 Å². The molecule has 26 heavy (non-hydrogen) atoms. The lowest BCUT2D eigenvalue weighted by atomic mass is 10.0. The molecular weight excluding hydrogens is 326 g/mol. The molecule has 1 aliphatic rings. The maximum absolute atomic E-state index is 12.6. The average Bonchev–Trinajstić information content (AvgIpc) is 2.68. The number of nitrogens with zero attached hydrogens (tertiary/aromatic N) is 2. The lowest BCUT2D eigenvalue weighted by Gasteiger charge is -2.35. The van der Waals surface area contributed by atoms with Gasteiger partial charge in [-0.2, -0.15) is 0 Å². The summed E-state index contributed by atoms with van der Waals surface area (Å²) in [7, 11) is 5.68. The van der Waals surface area contributed by atoms with E-state index in [4.69, 9.17) is 4.74 Å². The summed E-state index contributed by atoms with van der Waals surface area (Å²) in [4.78, 5) is 16.8. The number of benzene rings is 2. The van der Waals surface area contributed by atoms with Crippen molar-refractivity contribution in [2.45, 2.75) is 18.9 Å². The van der Waals surface area contributed by atoms with E-state index in [2.05, 4.69) is 17.3 Å². The van der Waals surface area contributed by atoms with Crippen LogP contribution in [0.2, 0.25) is 0 Å². The molecule has 0 aliphatic carbocycles. The SMILES string of the molecule is COc1ccccc1-c1cccc(NC(=O)N(C)C2CCN(C)CC2)c1. The fraction of sp³-hybridized carbons (Fsp3) is 0.381. The molecule has 1 saturated heterocycles. The lowest BCUT2D eigenvalue weighted by Crippen LogP contribution is -2.46. The number of hydrogen-bond acceptors (Lipinski definition) is 3. The van der Waals surface area contributed by atoms with Crippen molar-refractivity contribution >= 4 is 11.7 Å². The predicted molar refractivity (Wildman–Crippen MR) is 106 cm³/mol. The summed E-state index contributed by atoms with van der Waals surface area (Å²) in [5, 5.41) is 3.03. The molecule has 5 nitrogen and oxygen atoms in total. The highest BCUT2D eigenvalue weighted by molar-refractivity contribution is 5.90. The molecule has 2 amide bonds. The van der Waals surface area contributed by atoms with E-state index >= 15 is 0 Å². The topological polar surface area (TPSA) is 44.8 Å². The van der Waals surface area contributed by atoms with Crippen molar-refractivity contribution in [2.24, 2.45) is 0 Å². The molecule has 138 valence electrons. The number of ether oxygens (including phenoxy) is 1. The largest absolute Gasteiger partial charge is 0.496 e. The third-order valence-corrected chi connectivity index (χ3v) is 5.09. The van der Waals surface area contributed by atoms with Gasteiger partial charge in [0.1, 0.15) is 5.75 Å². The molecule has 0 aromatic heterocycles. The minimum Gasteiger partial charge on any atom is -0.496 e. The van der Waals surface area contributed by atoms with E-state index in [1.54, 1.807) is 7.11 Å². The molecule has 1 aliphatic heterocycles. The zero-order chi connectivity index (χ0) is 18.5. The number of anilines is 1. The van der Waals surface area contributed by atoms with Crippen molar-refractivity contribution in [2.75, 3.05) is 39.6 Å². The van der Waals surface area contributed by atoms with Gasteiger partial charge < -0.3 is 19.9 Å². The minimum absolute atomic E-state index is 0.0586. The molecule has 1 heterocycles. The quantitative estimate of drug-likeness (QED) is 0.906. The number of carbonyl (C=O) groups is 1. The van der Waals surface area contributed by atoms with Gasteiger partial charge >= 0.3 is 6.03 Å². The first-order valence-corrected chi connectivity index (χ1v) is 9.04. The van der Waals surface area contributed by atoms with Crippen LogP contribution < -0.4 is 10.1 Å². The molecule has 0 radical (unpaired) electrons. The minimum atomic E-state index is -0.0586. The Bertz CT molecular complexity index is 754. The second kappa shape index (κ2) is 8.23. The number of amides is 2. The van der Waals surface area contributed by atoms with Crippen LogP contribution in [0.5, 0.6) is 5.75 Å². The molecule has 0 unspecified atom stereocenters. The van der Waals surface area contributed by atoms with Crippen LogP contribution in [0.3, 0.4) is 0 Å². The first-order chi connectivity index (χ1) is 12.6. The smallest absolute Gasteiger partial charge is 0.321 e. The molecule has 1 N–H and O–H groups in total. The zero-order valence-corrected chi connectivity index (χ0v) is 15.7. The highest BCUT2D eigenvalue weighted by Crippen LogP contribution is 2.31. The molecule has 5 heteroatoms.